The van der Waals surface area contributed by atoms with Crippen LogP contribution in [-0.2, 0) is 11.2 Å². The standard InChI is InChI=1S/C25H31N3O2S/c1-16(2)12-19(15-29)26-25(30)18-9-10-23-21(13-18)27-24(14-20-7-5-11-31-20)28(23)22-8-4-6-17(22)3/h5,7,9-11,13,15-17,19,22H,4,6,8,12,14H2,1-3H3,(H,26,30). The lowest BCUT2D eigenvalue weighted by Gasteiger charge is -2.21. The number of hydrogen-bond acceptors (Lipinski definition) is 4. The zero-order valence-corrected chi connectivity index (χ0v) is 19.3. The second-order valence-corrected chi connectivity index (χ2v) is 10.2. The van der Waals surface area contributed by atoms with Crippen LogP contribution < -0.4 is 5.32 Å². The number of nitrogens with one attached hydrogen (secondary N) is 1. The first-order valence-corrected chi connectivity index (χ1v) is 12.1. The maximum atomic E-state index is 12.8. The Labute approximate surface area is 187 Å². The first-order chi connectivity index (χ1) is 15.0. The molecule has 3 aromatic rings. The van der Waals surface area contributed by atoms with E-state index in [9.17, 15) is 9.59 Å². The summed E-state index contributed by atoms with van der Waals surface area (Å²) in [6.07, 6.45) is 5.92. The molecule has 2 heterocycles. The summed E-state index contributed by atoms with van der Waals surface area (Å²) < 4.78 is 2.42. The first kappa shape index (κ1) is 21.8. The number of rotatable bonds is 8. The highest BCUT2D eigenvalue weighted by Gasteiger charge is 2.29. The minimum Gasteiger partial charge on any atom is -0.343 e. The number of hydrogen-bond donors (Lipinski definition) is 1. The van der Waals surface area contributed by atoms with Crippen molar-refractivity contribution >= 4 is 34.6 Å². The molecule has 3 atom stereocenters. The van der Waals surface area contributed by atoms with Gasteiger partial charge in [-0.3, -0.25) is 4.79 Å². The Hall–Kier alpha value is -2.47. The van der Waals surface area contributed by atoms with Crippen LogP contribution in [0.15, 0.2) is 35.7 Å². The molecular weight excluding hydrogens is 406 g/mol. The predicted octanol–water partition coefficient (Wildman–Crippen LogP) is 5.39. The van der Waals surface area contributed by atoms with E-state index in [4.69, 9.17) is 4.98 Å². The fraction of sp³-hybridized carbons (Fsp3) is 0.480. The molecule has 1 saturated carbocycles. The fourth-order valence-electron chi connectivity index (χ4n) is 4.77. The van der Waals surface area contributed by atoms with Crippen molar-refractivity contribution in [2.45, 2.75) is 65.0 Å². The number of thiophene rings is 1. The summed E-state index contributed by atoms with van der Waals surface area (Å²) in [5, 5.41) is 4.96. The largest absolute Gasteiger partial charge is 0.343 e. The minimum absolute atomic E-state index is 0.219. The Morgan fingerprint density at radius 1 is 1.32 bits per heavy atom. The topological polar surface area (TPSA) is 64.0 Å². The first-order valence-electron chi connectivity index (χ1n) is 11.3. The molecule has 0 saturated heterocycles. The van der Waals surface area contributed by atoms with Gasteiger partial charge >= 0.3 is 0 Å². The number of nitrogens with zero attached hydrogens (tertiary/aromatic N) is 2. The van der Waals surface area contributed by atoms with Crippen LogP contribution in [0.4, 0.5) is 0 Å². The Bertz CT molecular complexity index is 1050. The van der Waals surface area contributed by atoms with Gasteiger partial charge < -0.3 is 14.7 Å². The van der Waals surface area contributed by atoms with E-state index in [0.717, 1.165) is 29.6 Å². The third-order valence-electron chi connectivity index (χ3n) is 6.29. The minimum atomic E-state index is -0.463. The third-order valence-corrected chi connectivity index (χ3v) is 7.17. The summed E-state index contributed by atoms with van der Waals surface area (Å²) in [5.41, 5.74) is 2.50. The van der Waals surface area contributed by atoms with E-state index in [-0.39, 0.29) is 5.91 Å². The zero-order valence-electron chi connectivity index (χ0n) is 18.5. The van der Waals surface area contributed by atoms with E-state index in [1.165, 1.54) is 24.1 Å². The van der Waals surface area contributed by atoms with Gasteiger partial charge in [-0.15, -0.1) is 11.3 Å². The molecule has 1 fully saturated rings. The lowest BCUT2D eigenvalue weighted by Crippen LogP contribution is -2.36. The quantitative estimate of drug-likeness (QED) is 0.480. The van der Waals surface area contributed by atoms with Gasteiger partial charge in [0.1, 0.15) is 12.1 Å². The van der Waals surface area contributed by atoms with E-state index in [1.54, 1.807) is 11.3 Å². The molecule has 0 aliphatic heterocycles. The number of imidazole rings is 1. The Kier molecular flexibility index (Phi) is 6.56. The van der Waals surface area contributed by atoms with Crippen LogP contribution in [0.25, 0.3) is 11.0 Å². The van der Waals surface area contributed by atoms with Crippen LogP contribution in [0.1, 0.15) is 73.6 Å². The van der Waals surface area contributed by atoms with Crippen molar-refractivity contribution < 1.29 is 9.59 Å². The second kappa shape index (κ2) is 9.35. The van der Waals surface area contributed by atoms with Crippen LogP contribution in [0.5, 0.6) is 0 Å². The molecule has 0 spiro atoms. The number of aromatic nitrogens is 2. The van der Waals surface area contributed by atoms with Crippen molar-refractivity contribution in [3.05, 3.63) is 52.0 Å². The van der Waals surface area contributed by atoms with E-state index >= 15 is 0 Å². The number of carbonyl (C=O) groups excluding carboxylic acids is 2. The van der Waals surface area contributed by atoms with Gasteiger partial charge in [0.15, 0.2) is 0 Å². The average Bonchev–Trinajstić information content (AvgIpc) is 3.47. The van der Waals surface area contributed by atoms with Crippen LogP contribution in [0.2, 0.25) is 0 Å². The van der Waals surface area contributed by atoms with Crippen molar-refractivity contribution in [3.8, 4) is 0 Å². The highest BCUT2D eigenvalue weighted by Crippen LogP contribution is 2.39. The molecule has 4 rings (SSSR count). The summed E-state index contributed by atoms with van der Waals surface area (Å²) in [7, 11) is 0. The SMILES string of the molecule is CC(C)CC(C=O)NC(=O)c1ccc2c(c1)nc(Cc1cccs1)n2C1CCCC1C. The number of amides is 1. The maximum absolute atomic E-state index is 12.8. The Balaban J connectivity index is 1.67. The van der Waals surface area contributed by atoms with Crippen LogP contribution in [0.3, 0.4) is 0 Å². The summed E-state index contributed by atoms with van der Waals surface area (Å²) in [4.78, 5) is 30.4. The van der Waals surface area contributed by atoms with Gasteiger partial charge in [-0.05, 0) is 60.7 Å². The van der Waals surface area contributed by atoms with Crippen molar-refractivity contribution in [1.82, 2.24) is 14.9 Å². The molecule has 164 valence electrons. The van der Waals surface area contributed by atoms with Gasteiger partial charge in [-0.1, -0.05) is 33.3 Å². The molecule has 0 bridgehead atoms. The van der Waals surface area contributed by atoms with Gasteiger partial charge in [0.05, 0.1) is 17.1 Å². The average molecular weight is 438 g/mol. The highest BCUT2D eigenvalue weighted by molar-refractivity contribution is 7.09. The molecular formula is C25H31N3O2S. The highest BCUT2D eigenvalue weighted by atomic mass is 32.1. The molecule has 1 aromatic carbocycles. The predicted molar refractivity (Wildman–Crippen MR) is 126 cm³/mol. The molecule has 1 N–H and O–H groups in total. The number of carbonyl (C=O) groups is 2. The number of fused-ring (bicyclic) bond motifs is 1. The maximum Gasteiger partial charge on any atom is 0.251 e. The molecule has 6 heteroatoms. The van der Waals surface area contributed by atoms with Crippen LogP contribution in [0, 0.1) is 11.8 Å². The zero-order chi connectivity index (χ0) is 22.0. The van der Waals surface area contributed by atoms with Gasteiger partial charge in [-0.25, -0.2) is 4.98 Å². The normalized spacial score (nSPS) is 19.7. The van der Waals surface area contributed by atoms with Crippen molar-refractivity contribution in [2.24, 2.45) is 11.8 Å². The van der Waals surface area contributed by atoms with Crippen LogP contribution >= 0.6 is 11.3 Å². The molecule has 1 aliphatic carbocycles. The lowest BCUT2D eigenvalue weighted by molar-refractivity contribution is -0.109. The van der Waals surface area contributed by atoms with Crippen molar-refractivity contribution in [3.63, 3.8) is 0 Å². The molecule has 1 aliphatic rings. The Morgan fingerprint density at radius 3 is 2.81 bits per heavy atom. The Morgan fingerprint density at radius 2 is 2.16 bits per heavy atom. The monoisotopic (exact) mass is 437 g/mol. The van der Waals surface area contributed by atoms with Gasteiger partial charge in [0.2, 0.25) is 0 Å². The summed E-state index contributed by atoms with van der Waals surface area (Å²) in [6, 6.07) is 9.98. The summed E-state index contributed by atoms with van der Waals surface area (Å²) in [6.45, 7) is 6.41. The number of benzene rings is 1. The second-order valence-electron chi connectivity index (χ2n) is 9.18. The molecule has 31 heavy (non-hydrogen) atoms. The summed E-state index contributed by atoms with van der Waals surface area (Å²) in [5.74, 6) is 1.80. The lowest BCUT2D eigenvalue weighted by atomic mass is 10.0. The molecule has 2 aromatic heterocycles. The van der Waals surface area contributed by atoms with Gasteiger partial charge in [-0.2, -0.15) is 0 Å². The van der Waals surface area contributed by atoms with E-state index < -0.39 is 6.04 Å². The van der Waals surface area contributed by atoms with Gasteiger partial charge in [0.25, 0.3) is 5.91 Å². The van der Waals surface area contributed by atoms with Crippen molar-refractivity contribution in [2.75, 3.05) is 0 Å². The van der Waals surface area contributed by atoms with Crippen molar-refractivity contribution in [1.29, 1.82) is 0 Å². The van der Waals surface area contributed by atoms with E-state index in [1.807, 2.05) is 32.0 Å². The number of aldehydes is 1. The molecule has 0 radical (unpaired) electrons. The van der Waals surface area contributed by atoms with Crippen LogP contribution in [-0.4, -0.2) is 27.8 Å². The van der Waals surface area contributed by atoms with Gasteiger partial charge in [0, 0.05) is 22.9 Å². The fourth-order valence-corrected chi connectivity index (χ4v) is 5.47. The molecule has 3 unspecified atom stereocenters. The molecule has 1 amide bonds. The van der Waals surface area contributed by atoms with E-state index in [2.05, 4.69) is 34.3 Å². The van der Waals surface area contributed by atoms with E-state index in [0.29, 0.717) is 29.9 Å². The molecule has 5 nitrogen and oxygen atoms in total. The third kappa shape index (κ3) is 4.74. The summed E-state index contributed by atoms with van der Waals surface area (Å²) >= 11 is 1.75. The smallest absolute Gasteiger partial charge is 0.251 e.